The van der Waals surface area contributed by atoms with Crippen LogP contribution >= 0.6 is 0 Å². The maximum Gasteiger partial charge on any atom is 0.137 e. The summed E-state index contributed by atoms with van der Waals surface area (Å²) < 4.78 is 6.37. The van der Waals surface area contributed by atoms with Crippen molar-refractivity contribution in [3.63, 3.8) is 0 Å². The third-order valence-electron chi connectivity index (χ3n) is 10.7. The van der Waals surface area contributed by atoms with E-state index >= 15 is 0 Å². The van der Waals surface area contributed by atoms with Crippen LogP contribution in [0.1, 0.15) is 0 Å². The van der Waals surface area contributed by atoms with E-state index in [2.05, 4.69) is 217 Å². The van der Waals surface area contributed by atoms with E-state index in [1.54, 1.807) is 0 Å². The molecule has 0 bridgehead atoms. The topological polar surface area (TPSA) is 16.4 Å². The third-order valence-corrected chi connectivity index (χ3v) is 10.7. The Morgan fingerprint density at radius 3 is 1.23 bits per heavy atom. The molecule has 56 heavy (non-hydrogen) atoms. The van der Waals surface area contributed by atoms with Gasteiger partial charge in [0.25, 0.3) is 0 Å². The molecule has 0 amide bonds. The largest absolute Gasteiger partial charge is 0.456 e. The minimum absolute atomic E-state index is 0.868. The van der Waals surface area contributed by atoms with Crippen LogP contribution in [-0.4, -0.2) is 0 Å². The summed E-state index contributed by atoms with van der Waals surface area (Å²) in [7, 11) is 0. The lowest BCUT2D eigenvalue weighted by Gasteiger charge is -2.27. The highest BCUT2D eigenvalue weighted by atomic mass is 16.3. The summed E-state index contributed by atoms with van der Waals surface area (Å²) in [4.78, 5) is 2.35. The quantitative estimate of drug-likeness (QED) is 0.156. The molecule has 0 saturated heterocycles. The van der Waals surface area contributed by atoms with E-state index < -0.39 is 0 Å². The standard InChI is InChI=1S/C54H37NO/c1-3-16-38(17-4-1)39-30-34-42(35-31-39)55(51-27-15-29-53-54(51)50-26-13-14-28-52(50)56-53)43-36-32-41(33-37-43)45-21-8-10-23-47(45)49-25-12-11-24-48(49)46-22-9-7-20-44(46)40-18-5-2-6-19-40/h1-37H. The van der Waals surface area contributed by atoms with Gasteiger partial charge >= 0.3 is 0 Å². The Morgan fingerprint density at radius 1 is 0.268 bits per heavy atom. The highest BCUT2D eigenvalue weighted by molar-refractivity contribution is 6.13. The molecule has 0 aliphatic rings. The molecule has 0 saturated carbocycles. The van der Waals surface area contributed by atoms with Crippen LogP contribution in [0.15, 0.2) is 229 Å². The van der Waals surface area contributed by atoms with Gasteiger partial charge in [-0.25, -0.2) is 0 Å². The molecule has 0 radical (unpaired) electrons. The van der Waals surface area contributed by atoms with Crippen molar-refractivity contribution in [3.8, 4) is 55.6 Å². The Morgan fingerprint density at radius 2 is 0.661 bits per heavy atom. The summed E-state index contributed by atoms with van der Waals surface area (Å²) in [5.41, 5.74) is 16.9. The molecular weight excluding hydrogens is 679 g/mol. The molecule has 9 aromatic carbocycles. The number of hydrogen-bond donors (Lipinski definition) is 0. The summed E-state index contributed by atoms with van der Waals surface area (Å²) in [6.45, 7) is 0. The fourth-order valence-electron chi connectivity index (χ4n) is 8.10. The maximum atomic E-state index is 6.37. The monoisotopic (exact) mass is 715 g/mol. The fraction of sp³-hybridized carbons (Fsp3) is 0. The van der Waals surface area contributed by atoms with Crippen LogP contribution in [0.25, 0.3) is 77.6 Å². The van der Waals surface area contributed by atoms with Crippen LogP contribution in [0.5, 0.6) is 0 Å². The average molecular weight is 716 g/mol. The van der Waals surface area contributed by atoms with Gasteiger partial charge in [-0.15, -0.1) is 0 Å². The Labute approximate surface area is 327 Å². The fourth-order valence-corrected chi connectivity index (χ4v) is 8.10. The molecule has 0 spiro atoms. The molecular formula is C54H37NO. The van der Waals surface area contributed by atoms with Gasteiger partial charge in [-0.3, -0.25) is 0 Å². The molecule has 2 nitrogen and oxygen atoms in total. The van der Waals surface area contributed by atoms with E-state index in [-0.39, 0.29) is 0 Å². The molecule has 0 N–H and O–H groups in total. The zero-order valence-electron chi connectivity index (χ0n) is 30.7. The normalized spacial score (nSPS) is 11.2. The van der Waals surface area contributed by atoms with E-state index in [1.807, 2.05) is 12.1 Å². The summed E-state index contributed by atoms with van der Waals surface area (Å²) >= 11 is 0. The van der Waals surface area contributed by atoms with Gasteiger partial charge in [0.2, 0.25) is 0 Å². The van der Waals surface area contributed by atoms with Crippen LogP contribution < -0.4 is 4.90 Å². The van der Waals surface area contributed by atoms with Gasteiger partial charge in [0.15, 0.2) is 0 Å². The summed E-state index contributed by atoms with van der Waals surface area (Å²) in [5.74, 6) is 0. The van der Waals surface area contributed by atoms with Crippen molar-refractivity contribution in [2.75, 3.05) is 4.90 Å². The van der Waals surface area contributed by atoms with E-state index in [0.29, 0.717) is 0 Å². The van der Waals surface area contributed by atoms with Crippen LogP contribution in [0.4, 0.5) is 17.1 Å². The van der Waals surface area contributed by atoms with Gasteiger partial charge in [-0.2, -0.15) is 0 Å². The zero-order valence-corrected chi connectivity index (χ0v) is 30.7. The molecule has 264 valence electrons. The Bertz CT molecular complexity index is 2940. The summed E-state index contributed by atoms with van der Waals surface area (Å²) in [5, 5.41) is 2.19. The molecule has 0 aliphatic carbocycles. The number of benzene rings is 9. The first-order chi connectivity index (χ1) is 27.8. The van der Waals surface area contributed by atoms with Crippen molar-refractivity contribution in [1.82, 2.24) is 0 Å². The number of rotatable bonds is 8. The smallest absolute Gasteiger partial charge is 0.137 e. The molecule has 10 rings (SSSR count). The second kappa shape index (κ2) is 14.4. The van der Waals surface area contributed by atoms with E-state index in [0.717, 1.165) is 44.6 Å². The molecule has 10 aromatic rings. The first kappa shape index (κ1) is 33.2. The molecule has 2 heteroatoms. The van der Waals surface area contributed by atoms with Crippen molar-refractivity contribution in [2.24, 2.45) is 0 Å². The number of nitrogens with zero attached hydrogens (tertiary/aromatic N) is 1. The number of furan rings is 1. The zero-order chi connectivity index (χ0) is 37.3. The van der Waals surface area contributed by atoms with Crippen molar-refractivity contribution < 1.29 is 4.42 Å². The molecule has 1 aromatic heterocycles. The van der Waals surface area contributed by atoms with Crippen LogP contribution in [0.2, 0.25) is 0 Å². The van der Waals surface area contributed by atoms with Gasteiger partial charge in [-0.05, 0) is 98.1 Å². The van der Waals surface area contributed by atoms with Gasteiger partial charge in [0.1, 0.15) is 11.2 Å². The second-order valence-electron chi connectivity index (χ2n) is 14.0. The van der Waals surface area contributed by atoms with Gasteiger partial charge in [0, 0.05) is 16.8 Å². The SMILES string of the molecule is c1ccc(-c2ccc(N(c3ccc(-c4ccccc4-c4ccccc4-c4ccccc4-c4ccccc4)cc3)c3cccc4oc5ccccc5c34)cc2)cc1. The van der Waals surface area contributed by atoms with E-state index in [4.69, 9.17) is 4.42 Å². The van der Waals surface area contributed by atoms with Crippen molar-refractivity contribution in [1.29, 1.82) is 0 Å². The van der Waals surface area contributed by atoms with Crippen LogP contribution in [-0.2, 0) is 0 Å². The lowest BCUT2D eigenvalue weighted by Crippen LogP contribution is -2.10. The molecule has 1 heterocycles. The summed E-state index contributed by atoms with van der Waals surface area (Å²) in [6, 6.07) is 80.0. The number of para-hydroxylation sites is 1. The predicted octanol–water partition coefficient (Wildman–Crippen LogP) is 15.4. The Kier molecular flexibility index (Phi) is 8.55. The minimum atomic E-state index is 0.868. The van der Waals surface area contributed by atoms with E-state index in [1.165, 1.54) is 50.1 Å². The van der Waals surface area contributed by atoms with Crippen molar-refractivity contribution in [2.45, 2.75) is 0 Å². The number of hydrogen-bond acceptors (Lipinski definition) is 2. The third kappa shape index (κ3) is 6.04. The molecule has 0 atom stereocenters. The van der Waals surface area contributed by atoms with Gasteiger partial charge in [0.05, 0.1) is 11.1 Å². The summed E-state index contributed by atoms with van der Waals surface area (Å²) in [6.07, 6.45) is 0. The lowest BCUT2D eigenvalue weighted by atomic mass is 9.87. The van der Waals surface area contributed by atoms with Crippen molar-refractivity contribution >= 4 is 39.0 Å². The van der Waals surface area contributed by atoms with Gasteiger partial charge in [-0.1, -0.05) is 182 Å². The van der Waals surface area contributed by atoms with E-state index in [9.17, 15) is 0 Å². The molecule has 0 unspecified atom stereocenters. The minimum Gasteiger partial charge on any atom is -0.456 e. The lowest BCUT2D eigenvalue weighted by molar-refractivity contribution is 0.669. The van der Waals surface area contributed by atoms with Gasteiger partial charge < -0.3 is 9.32 Å². The maximum absolute atomic E-state index is 6.37. The first-order valence-electron chi connectivity index (χ1n) is 19.1. The second-order valence-corrected chi connectivity index (χ2v) is 14.0. The molecule has 0 fully saturated rings. The highest BCUT2D eigenvalue weighted by Crippen LogP contribution is 2.45. The Balaban J connectivity index is 1.09. The number of fused-ring (bicyclic) bond motifs is 3. The predicted molar refractivity (Wildman–Crippen MR) is 236 cm³/mol. The van der Waals surface area contributed by atoms with Crippen LogP contribution in [0, 0.1) is 0 Å². The van der Waals surface area contributed by atoms with Crippen LogP contribution in [0.3, 0.4) is 0 Å². The highest BCUT2D eigenvalue weighted by Gasteiger charge is 2.20. The van der Waals surface area contributed by atoms with Crippen molar-refractivity contribution in [3.05, 3.63) is 224 Å². The average Bonchev–Trinajstić information content (AvgIpc) is 3.67. The first-order valence-corrected chi connectivity index (χ1v) is 19.1. The molecule has 0 aliphatic heterocycles. The number of anilines is 3. The Hall–Kier alpha value is -7.42.